The summed E-state index contributed by atoms with van der Waals surface area (Å²) in [7, 11) is 0. The lowest BCUT2D eigenvalue weighted by Crippen LogP contribution is -2.33. The summed E-state index contributed by atoms with van der Waals surface area (Å²) in [5.41, 5.74) is 1.81. The Labute approximate surface area is 140 Å². The molecule has 1 unspecified atom stereocenters. The monoisotopic (exact) mass is 325 g/mol. The lowest BCUT2D eigenvalue weighted by atomic mass is 9.78. The highest BCUT2D eigenvalue weighted by Crippen LogP contribution is 2.29. The number of Topliss-reactive ketones (excluding diaryl/α,β-unsaturated/α-hetero) is 2. The lowest BCUT2D eigenvalue weighted by Gasteiger charge is -2.22. The van der Waals surface area contributed by atoms with Gasteiger partial charge in [0.15, 0.2) is 5.78 Å². The van der Waals surface area contributed by atoms with Crippen molar-refractivity contribution in [3.8, 4) is 0 Å². The smallest absolute Gasteiger partial charge is 0.211 e. The van der Waals surface area contributed by atoms with Crippen molar-refractivity contribution in [2.75, 3.05) is 6.54 Å². The fourth-order valence-corrected chi connectivity index (χ4v) is 2.93. The first-order valence-electron chi connectivity index (χ1n) is 7.69. The van der Waals surface area contributed by atoms with Crippen molar-refractivity contribution in [1.82, 2.24) is 0 Å². The number of carbonyl (C=O) groups excluding carboxylic acids is 2. The van der Waals surface area contributed by atoms with E-state index in [1.165, 1.54) is 6.92 Å². The molecule has 5 nitrogen and oxygen atoms in total. The Bertz CT molecular complexity index is 755. The maximum absolute atomic E-state index is 13.0. The predicted octanol–water partition coefficient (Wildman–Crippen LogP) is 3.44. The van der Waals surface area contributed by atoms with Gasteiger partial charge in [0, 0.05) is 10.5 Å². The molecule has 0 bridgehead atoms. The summed E-state index contributed by atoms with van der Waals surface area (Å²) in [6.07, 6.45) is 0. The molecular weight excluding hydrogens is 306 g/mol. The number of ketones is 2. The number of hydrogen-bond donors (Lipinski definition) is 0. The number of nitrogens with zero attached hydrogens (tertiary/aromatic N) is 1. The van der Waals surface area contributed by atoms with E-state index in [1.54, 1.807) is 61.5 Å². The third-order valence-electron chi connectivity index (χ3n) is 4.11. The van der Waals surface area contributed by atoms with E-state index < -0.39 is 23.3 Å². The molecule has 0 saturated heterocycles. The molecule has 5 heteroatoms. The minimum absolute atomic E-state index is 0.362. The first-order valence-corrected chi connectivity index (χ1v) is 7.69. The Kier molecular flexibility index (Phi) is 5.58. The number of aryl methyl sites for hydroxylation is 1. The van der Waals surface area contributed by atoms with E-state index in [4.69, 9.17) is 0 Å². The molecule has 0 radical (unpaired) electrons. The average Bonchev–Trinajstić information content (AvgIpc) is 2.54. The van der Waals surface area contributed by atoms with Crippen LogP contribution in [0.15, 0.2) is 54.6 Å². The fraction of sp³-hybridized carbons (Fsp3) is 0.263. The summed E-state index contributed by atoms with van der Waals surface area (Å²) in [5, 5.41) is 11.1. The highest BCUT2D eigenvalue weighted by atomic mass is 16.6. The van der Waals surface area contributed by atoms with Crippen LogP contribution in [0.1, 0.15) is 34.3 Å². The van der Waals surface area contributed by atoms with E-state index in [-0.39, 0.29) is 11.6 Å². The van der Waals surface area contributed by atoms with Gasteiger partial charge in [0.05, 0.1) is 11.8 Å². The molecule has 0 saturated carbocycles. The van der Waals surface area contributed by atoms with Crippen LogP contribution >= 0.6 is 0 Å². The molecule has 0 amide bonds. The molecule has 24 heavy (non-hydrogen) atoms. The van der Waals surface area contributed by atoms with Crippen LogP contribution in [0, 0.1) is 23.0 Å². The molecule has 124 valence electrons. The van der Waals surface area contributed by atoms with Crippen LogP contribution in [0.25, 0.3) is 0 Å². The van der Waals surface area contributed by atoms with Gasteiger partial charge in [0.2, 0.25) is 6.54 Å². The van der Waals surface area contributed by atoms with Crippen molar-refractivity contribution in [3.63, 3.8) is 0 Å². The second-order valence-electron chi connectivity index (χ2n) is 5.80. The van der Waals surface area contributed by atoms with Gasteiger partial charge in [-0.3, -0.25) is 19.7 Å². The summed E-state index contributed by atoms with van der Waals surface area (Å²) in [5.74, 6) is -2.58. The molecule has 0 N–H and O–H groups in total. The SMILES string of the molecule is CC(=O)C(C(=O)c1ccccc1C)[C@H](C[N+](=O)[O-])c1ccccc1. The van der Waals surface area contributed by atoms with Crippen LogP contribution in [0.5, 0.6) is 0 Å². The van der Waals surface area contributed by atoms with E-state index in [1.807, 2.05) is 0 Å². The van der Waals surface area contributed by atoms with E-state index in [2.05, 4.69) is 0 Å². The van der Waals surface area contributed by atoms with Gasteiger partial charge in [0.25, 0.3) is 0 Å². The van der Waals surface area contributed by atoms with Crippen molar-refractivity contribution in [2.45, 2.75) is 19.8 Å². The third-order valence-corrected chi connectivity index (χ3v) is 4.11. The lowest BCUT2D eigenvalue weighted by molar-refractivity contribution is -0.484. The van der Waals surface area contributed by atoms with Crippen molar-refractivity contribution in [2.24, 2.45) is 5.92 Å². The zero-order valence-corrected chi connectivity index (χ0v) is 13.6. The zero-order valence-electron chi connectivity index (χ0n) is 13.6. The van der Waals surface area contributed by atoms with Crippen molar-refractivity contribution < 1.29 is 14.5 Å². The van der Waals surface area contributed by atoms with Gasteiger partial charge < -0.3 is 0 Å². The van der Waals surface area contributed by atoms with E-state index >= 15 is 0 Å². The molecule has 0 spiro atoms. The highest BCUT2D eigenvalue weighted by Gasteiger charge is 2.37. The van der Waals surface area contributed by atoms with Gasteiger partial charge in [-0.15, -0.1) is 0 Å². The standard InChI is InChI=1S/C19H19NO4/c1-13-8-6-7-11-16(13)19(22)18(14(2)21)17(12-20(23)24)15-9-4-3-5-10-15/h3-11,17-18H,12H2,1-2H3/t17-,18?/m1/s1. The third kappa shape index (κ3) is 3.93. The number of rotatable bonds is 7. The van der Waals surface area contributed by atoms with Crippen LogP contribution in [0.3, 0.4) is 0 Å². The fourth-order valence-electron chi connectivity index (χ4n) is 2.93. The Hall–Kier alpha value is -2.82. The van der Waals surface area contributed by atoms with Gasteiger partial charge in [-0.05, 0) is 25.0 Å². The van der Waals surface area contributed by atoms with Crippen LogP contribution < -0.4 is 0 Å². The molecule has 2 atom stereocenters. The first-order chi connectivity index (χ1) is 11.4. The van der Waals surface area contributed by atoms with Crippen LogP contribution in [-0.2, 0) is 4.79 Å². The Morgan fingerprint density at radius 1 is 1.04 bits per heavy atom. The van der Waals surface area contributed by atoms with E-state index in [0.717, 1.165) is 5.56 Å². The molecule has 2 rings (SSSR count). The molecule has 0 heterocycles. The van der Waals surface area contributed by atoms with Crippen molar-refractivity contribution >= 4 is 11.6 Å². The predicted molar refractivity (Wildman–Crippen MR) is 90.7 cm³/mol. The Morgan fingerprint density at radius 3 is 2.17 bits per heavy atom. The molecule has 0 aliphatic heterocycles. The molecule has 0 aliphatic carbocycles. The number of benzene rings is 2. The second-order valence-corrected chi connectivity index (χ2v) is 5.80. The largest absolute Gasteiger partial charge is 0.299 e. The quantitative estimate of drug-likeness (QED) is 0.338. The highest BCUT2D eigenvalue weighted by molar-refractivity contribution is 6.11. The van der Waals surface area contributed by atoms with Crippen LogP contribution in [-0.4, -0.2) is 23.0 Å². The summed E-state index contributed by atoms with van der Waals surface area (Å²) in [6.45, 7) is 2.64. The average molecular weight is 325 g/mol. The van der Waals surface area contributed by atoms with Crippen molar-refractivity contribution in [1.29, 1.82) is 0 Å². The molecular formula is C19H19NO4. The number of nitro groups is 1. The first kappa shape index (κ1) is 17.5. The Balaban J connectivity index is 2.49. The van der Waals surface area contributed by atoms with E-state index in [9.17, 15) is 19.7 Å². The van der Waals surface area contributed by atoms with Crippen LogP contribution in [0.2, 0.25) is 0 Å². The Morgan fingerprint density at radius 2 is 1.62 bits per heavy atom. The molecule has 0 aromatic heterocycles. The minimum atomic E-state index is -1.07. The summed E-state index contributed by atoms with van der Waals surface area (Å²) in [4.78, 5) is 35.8. The summed E-state index contributed by atoms with van der Waals surface area (Å²) >= 11 is 0. The number of carbonyl (C=O) groups is 2. The van der Waals surface area contributed by atoms with Crippen LogP contribution in [0.4, 0.5) is 0 Å². The van der Waals surface area contributed by atoms with Gasteiger partial charge in [-0.25, -0.2) is 0 Å². The maximum Gasteiger partial charge on any atom is 0.211 e. The summed E-state index contributed by atoms with van der Waals surface area (Å²) in [6, 6.07) is 15.7. The molecule has 2 aromatic carbocycles. The molecule has 0 aliphatic rings. The normalized spacial score (nSPS) is 13.1. The van der Waals surface area contributed by atoms with Gasteiger partial charge >= 0.3 is 0 Å². The zero-order chi connectivity index (χ0) is 17.7. The van der Waals surface area contributed by atoms with Gasteiger partial charge in [-0.2, -0.15) is 0 Å². The molecule has 2 aromatic rings. The second kappa shape index (κ2) is 7.64. The minimum Gasteiger partial charge on any atom is -0.299 e. The molecule has 0 fully saturated rings. The number of hydrogen-bond acceptors (Lipinski definition) is 4. The van der Waals surface area contributed by atoms with E-state index in [0.29, 0.717) is 11.1 Å². The van der Waals surface area contributed by atoms with Gasteiger partial charge in [-0.1, -0.05) is 54.6 Å². The van der Waals surface area contributed by atoms with Crippen molar-refractivity contribution in [3.05, 3.63) is 81.4 Å². The topological polar surface area (TPSA) is 77.3 Å². The maximum atomic E-state index is 13.0. The van der Waals surface area contributed by atoms with Gasteiger partial charge in [0.1, 0.15) is 5.78 Å². The summed E-state index contributed by atoms with van der Waals surface area (Å²) < 4.78 is 0.